The van der Waals surface area contributed by atoms with Crippen molar-refractivity contribution in [2.75, 3.05) is 26.6 Å². The van der Waals surface area contributed by atoms with E-state index in [1.165, 1.54) is 0 Å². The van der Waals surface area contributed by atoms with E-state index in [1.54, 1.807) is 27.5 Å². The molecule has 1 heterocycles. The molecule has 21 heavy (non-hydrogen) atoms. The maximum Gasteiger partial charge on any atom is 0.164 e. The van der Waals surface area contributed by atoms with Crippen molar-refractivity contribution in [3.63, 3.8) is 0 Å². The van der Waals surface area contributed by atoms with Gasteiger partial charge in [0, 0.05) is 24.4 Å². The molecule has 0 saturated carbocycles. The molecule has 112 valence electrons. The molecule has 1 N–H and O–H groups in total. The minimum Gasteiger partial charge on any atom is -0.496 e. The summed E-state index contributed by atoms with van der Waals surface area (Å²) in [5.74, 6) is 2.08. The lowest BCUT2D eigenvalue weighted by Crippen LogP contribution is -2.04. The van der Waals surface area contributed by atoms with Gasteiger partial charge in [-0.3, -0.25) is 4.98 Å². The molecule has 0 aliphatic carbocycles. The molecule has 0 saturated heterocycles. The number of aryl methyl sites for hydroxylation is 1. The van der Waals surface area contributed by atoms with Gasteiger partial charge in [-0.15, -0.1) is 0 Å². The summed E-state index contributed by atoms with van der Waals surface area (Å²) in [6.45, 7) is 2.57. The maximum absolute atomic E-state index is 5.41. The molecule has 0 amide bonds. The van der Waals surface area contributed by atoms with Crippen LogP contribution in [0.4, 0.5) is 5.69 Å². The van der Waals surface area contributed by atoms with Crippen LogP contribution in [0.2, 0.25) is 0 Å². The van der Waals surface area contributed by atoms with Crippen molar-refractivity contribution in [1.82, 2.24) is 4.98 Å². The third-order valence-corrected chi connectivity index (χ3v) is 3.26. The van der Waals surface area contributed by atoms with Crippen LogP contribution < -0.4 is 19.5 Å². The first kappa shape index (κ1) is 15.0. The number of anilines is 1. The van der Waals surface area contributed by atoms with E-state index in [2.05, 4.69) is 10.3 Å². The Morgan fingerprint density at radius 3 is 2.29 bits per heavy atom. The van der Waals surface area contributed by atoms with Crippen molar-refractivity contribution in [3.05, 3.63) is 41.7 Å². The molecule has 0 bridgehead atoms. The first-order chi connectivity index (χ1) is 10.2. The summed E-state index contributed by atoms with van der Waals surface area (Å²) >= 11 is 0. The van der Waals surface area contributed by atoms with Gasteiger partial charge < -0.3 is 19.5 Å². The second kappa shape index (κ2) is 6.83. The summed E-state index contributed by atoms with van der Waals surface area (Å²) in [4.78, 5) is 4.26. The molecular weight excluding hydrogens is 268 g/mol. The Morgan fingerprint density at radius 1 is 1.00 bits per heavy atom. The smallest absolute Gasteiger partial charge is 0.164 e. The SMILES string of the molecule is COc1cc(OC)c(OC)cc1CNc1cccnc1C. The fourth-order valence-corrected chi connectivity index (χ4v) is 2.09. The monoisotopic (exact) mass is 288 g/mol. The molecule has 0 unspecified atom stereocenters. The van der Waals surface area contributed by atoms with E-state index in [0.29, 0.717) is 18.0 Å². The van der Waals surface area contributed by atoms with Gasteiger partial charge in [0.25, 0.3) is 0 Å². The molecule has 0 fully saturated rings. The predicted octanol–water partition coefficient (Wildman–Crippen LogP) is 3.03. The molecule has 2 aromatic rings. The van der Waals surface area contributed by atoms with Gasteiger partial charge in [-0.2, -0.15) is 0 Å². The van der Waals surface area contributed by atoms with Gasteiger partial charge in [-0.05, 0) is 25.1 Å². The van der Waals surface area contributed by atoms with Crippen LogP contribution in [0.3, 0.4) is 0 Å². The number of nitrogens with zero attached hydrogens (tertiary/aromatic N) is 1. The molecule has 0 aliphatic rings. The lowest BCUT2D eigenvalue weighted by molar-refractivity contribution is 0.347. The number of aromatic nitrogens is 1. The summed E-state index contributed by atoms with van der Waals surface area (Å²) in [6, 6.07) is 7.64. The molecule has 0 spiro atoms. The highest BCUT2D eigenvalue weighted by Gasteiger charge is 2.12. The van der Waals surface area contributed by atoms with Crippen LogP contribution in [-0.2, 0) is 6.54 Å². The number of methoxy groups -OCH3 is 3. The summed E-state index contributed by atoms with van der Waals surface area (Å²) in [5, 5.41) is 3.35. The zero-order valence-corrected chi connectivity index (χ0v) is 12.8. The topological polar surface area (TPSA) is 52.6 Å². The minimum atomic E-state index is 0.607. The molecule has 2 rings (SSSR count). The lowest BCUT2D eigenvalue weighted by Gasteiger charge is -2.15. The van der Waals surface area contributed by atoms with Crippen molar-refractivity contribution in [2.24, 2.45) is 0 Å². The van der Waals surface area contributed by atoms with Crippen LogP contribution in [0.1, 0.15) is 11.3 Å². The van der Waals surface area contributed by atoms with Gasteiger partial charge in [0.15, 0.2) is 11.5 Å². The minimum absolute atomic E-state index is 0.607. The van der Waals surface area contributed by atoms with Crippen LogP contribution in [0.25, 0.3) is 0 Å². The largest absolute Gasteiger partial charge is 0.496 e. The average Bonchev–Trinajstić information content (AvgIpc) is 2.53. The van der Waals surface area contributed by atoms with Crippen LogP contribution in [-0.4, -0.2) is 26.3 Å². The fraction of sp³-hybridized carbons (Fsp3) is 0.312. The second-order valence-electron chi connectivity index (χ2n) is 4.51. The molecule has 0 atom stereocenters. The molecule has 1 aromatic carbocycles. The van der Waals surface area contributed by atoms with Crippen LogP contribution >= 0.6 is 0 Å². The summed E-state index contributed by atoms with van der Waals surface area (Å²) in [6.07, 6.45) is 1.78. The Labute approximate surface area is 124 Å². The Kier molecular flexibility index (Phi) is 4.87. The standard InChI is InChI=1S/C16H20N2O3/c1-11-13(6-5-7-17-11)18-10-12-8-15(20-3)16(21-4)9-14(12)19-2/h5-9,18H,10H2,1-4H3. The first-order valence-corrected chi connectivity index (χ1v) is 6.64. The van der Waals surface area contributed by atoms with E-state index < -0.39 is 0 Å². The number of rotatable bonds is 6. The average molecular weight is 288 g/mol. The zero-order chi connectivity index (χ0) is 15.2. The normalized spacial score (nSPS) is 10.1. The first-order valence-electron chi connectivity index (χ1n) is 6.64. The molecule has 5 nitrogen and oxygen atoms in total. The van der Waals surface area contributed by atoms with Crippen molar-refractivity contribution in [2.45, 2.75) is 13.5 Å². The number of hydrogen-bond acceptors (Lipinski definition) is 5. The fourth-order valence-electron chi connectivity index (χ4n) is 2.09. The number of nitrogens with one attached hydrogen (secondary N) is 1. The van der Waals surface area contributed by atoms with Gasteiger partial charge in [0.05, 0.1) is 32.7 Å². The Hall–Kier alpha value is -2.43. The van der Waals surface area contributed by atoms with Crippen molar-refractivity contribution >= 4 is 5.69 Å². The van der Waals surface area contributed by atoms with E-state index >= 15 is 0 Å². The molecule has 1 aromatic heterocycles. The zero-order valence-electron chi connectivity index (χ0n) is 12.8. The van der Waals surface area contributed by atoms with E-state index in [9.17, 15) is 0 Å². The summed E-state index contributed by atoms with van der Waals surface area (Å²) in [5.41, 5.74) is 2.93. The maximum atomic E-state index is 5.41. The van der Waals surface area contributed by atoms with Crippen LogP contribution in [0, 0.1) is 6.92 Å². The number of hydrogen-bond donors (Lipinski definition) is 1. The Morgan fingerprint density at radius 2 is 1.67 bits per heavy atom. The van der Waals surface area contributed by atoms with E-state index in [1.807, 2.05) is 31.2 Å². The summed E-state index contributed by atoms with van der Waals surface area (Å²) in [7, 11) is 4.86. The summed E-state index contributed by atoms with van der Waals surface area (Å²) < 4.78 is 16.0. The highest BCUT2D eigenvalue weighted by molar-refractivity contribution is 5.53. The number of pyridine rings is 1. The van der Waals surface area contributed by atoms with Crippen molar-refractivity contribution in [3.8, 4) is 17.2 Å². The van der Waals surface area contributed by atoms with Gasteiger partial charge in [-0.1, -0.05) is 0 Å². The van der Waals surface area contributed by atoms with Gasteiger partial charge in [-0.25, -0.2) is 0 Å². The van der Waals surface area contributed by atoms with E-state index in [4.69, 9.17) is 14.2 Å². The molecule has 0 radical (unpaired) electrons. The molecular formula is C16H20N2O3. The quantitative estimate of drug-likeness (QED) is 0.885. The van der Waals surface area contributed by atoms with Gasteiger partial charge >= 0.3 is 0 Å². The Balaban J connectivity index is 2.25. The highest BCUT2D eigenvalue weighted by atomic mass is 16.5. The third-order valence-electron chi connectivity index (χ3n) is 3.26. The Bertz CT molecular complexity index is 614. The molecule has 0 aliphatic heterocycles. The van der Waals surface area contributed by atoms with Crippen molar-refractivity contribution < 1.29 is 14.2 Å². The number of ether oxygens (including phenoxy) is 3. The highest BCUT2D eigenvalue weighted by Crippen LogP contribution is 2.34. The number of benzene rings is 1. The lowest BCUT2D eigenvalue weighted by atomic mass is 10.1. The van der Waals surface area contributed by atoms with Gasteiger partial charge in [0.1, 0.15) is 5.75 Å². The predicted molar refractivity (Wildman–Crippen MR) is 82.4 cm³/mol. The second-order valence-corrected chi connectivity index (χ2v) is 4.51. The third kappa shape index (κ3) is 3.37. The van der Waals surface area contributed by atoms with Crippen LogP contribution in [0.15, 0.2) is 30.5 Å². The van der Waals surface area contributed by atoms with E-state index in [0.717, 1.165) is 22.7 Å². The van der Waals surface area contributed by atoms with Crippen LogP contribution in [0.5, 0.6) is 17.2 Å². The molecule has 5 heteroatoms. The van der Waals surface area contributed by atoms with Gasteiger partial charge in [0.2, 0.25) is 0 Å². The van der Waals surface area contributed by atoms with E-state index in [-0.39, 0.29) is 0 Å². The van der Waals surface area contributed by atoms with Crippen molar-refractivity contribution in [1.29, 1.82) is 0 Å².